The third-order valence-corrected chi connectivity index (χ3v) is 5.49. The fraction of sp³-hybridized carbons (Fsp3) is 0.0952. The first-order valence-corrected chi connectivity index (χ1v) is 10.1. The summed E-state index contributed by atoms with van der Waals surface area (Å²) in [6.07, 6.45) is 4.17. The fourth-order valence-corrected chi connectivity index (χ4v) is 3.94. The molecule has 0 unspecified atom stereocenters. The van der Waals surface area contributed by atoms with E-state index in [1.54, 1.807) is 29.8 Å². The minimum absolute atomic E-state index is 0.0797. The summed E-state index contributed by atoms with van der Waals surface area (Å²) in [5, 5.41) is 14.4. The Hall–Kier alpha value is -2.77. The number of amides is 1. The number of hydrogen-bond acceptors (Lipinski definition) is 4. The van der Waals surface area contributed by atoms with E-state index in [9.17, 15) is 14.7 Å². The van der Waals surface area contributed by atoms with E-state index in [4.69, 9.17) is 0 Å². The number of benzene rings is 1. The van der Waals surface area contributed by atoms with Gasteiger partial charge < -0.3 is 10.4 Å². The zero-order valence-corrected chi connectivity index (χ0v) is 17.2. The number of anilines is 1. The van der Waals surface area contributed by atoms with Gasteiger partial charge in [0.05, 0.1) is 0 Å². The molecule has 0 saturated carbocycles. The Morgan fingerprint density at radius 1 is 1.29 bits per heavy atom. The second-order valence-corrected chi connectivity index (χ2v) is 7.72. The van der Waals surface area contributed by atoms with Crippen molar-refractivity contribution in [2.45, 2.75) is 12.8 Å². The van der Waals surface area contributed by atoms with E-state index < -0.39 is 5.97 Å². The third-order valence-electron chi connectivity index (χ3n) is 4.12. The van der Waals surface area contributed by atoms with Crippen LogP contribution in [0.2, 0.25) is 0 Å². The van der Waals surface area contributed by atoms with Crippen molar-refractivity contribution in [2.24, 2.45) is 0 Å². The number of carboxylic acids is 1. The van der Waals surface area contributed by atoms with Crippen LogP contribution in [0.5, 0.6) is 0 Å². The van der Waals surface area contributed by atoms with E-state index in [1.807, 2.05) is 24.3 Å². The predicted octanol–water partition coefficient (Wildman–Crippen LogP) is 5.49. The Morgan fingerprint density at radius 3 is 2.79 bits per heavy atom. The van der Waals surface area contributed by atoms with Gasteiger partial charge in [-0.05, 0) is 39.5 Å². The molecule has 0 radical (unpaired) electrons. The highest BCUT2D eigenvalue weighted by atomic mass is 79.9. The Bertz CT molecular complexity index is 1030. The lowest BCUT2D eigenvalue weighted by Crippen LogP contribution is -2.14. The molecule has 3 aromatic rings. The number of carbonyl (C=O) groups is 2. The molecule has 0 saturated heterocycles. The maximum absolute atomic E-state index is 12.4. The van der Waals surface area contributed by atoms with Crippen LogP contribution in [0.3, 0.4) is 0 Å². The number of carboxylic acid groups (broad SMARTS) is 1. The summed E-state index contributed by atoms with van der Waals surface area (Å²) < 4.78 is 0.664. The number of pyridine rings is 1. The highest BCUT2D eigenvalue weighted by molar-refractivity contribution is 9.10. The van der Waals surface area contributed by atoms with Crippen LogP contribution in [0.4, 0.5) is 5.00 Å². The minimum atomic E-state index is -1.09. The molecule has 2 heterocycles. The molecule has 28 heavy (non-hydrogen) atoms. The molecule has 0 spiro atoms. The van der Waals surface area contributed by atoms with Gasteiger partial charge in [-0.25, -0.2) is 9.78 Å². The molecule has 2 aromatic heterocycles. The van der Waals surface area contributed by atoms with Gasteiger partial charge in [-0.1, -0.05) is 43.0 Å². The lowest BCUT2D eigenvalue weighted by Gasteiger charge is -2.07. The highest BCUT2D eigenvalue weighted by Crippen LogP contribution is 2.35. The molecule has 0 aliphatic carbocycles. The number of nitrogens with zero attached hydrogens (tertiary/aromatic N) is 1. The maximum Gasteiger partial charge on any atom is 0.339 e. The topological polar surface area (TPSA) is 79.3 Å². The van der Waals surface area contributed by atoms with Crippen LogP contribution in [0.1, 0.15) is 27.9 Å². The van der Waals surface area contributed by atoms with E-state index in [2.05, 4.69) is 32.8 Å². The van der Waals surface area contributed by atoms with Crippen molar-refractivity contribution in [3.05, 3.63) is 75.8 Å². The molecule has 142 valence electrons. The summed E-state index contributed by atoms with van der Waals surface area (Å²) in [5.74, 6) is -1.32. The van der Waals surface area contributed by atoms with Crippen molar-refractivity contribution >= 4 is 50.2 Å². The Morgan fingerprint density at radius 2 is 2.11 bits per heavy atom. The molecule has 2 N–H and O–H groups in total. The number of rotatable bonds is 7. The number of thiophene rings is 1. The van der Waals surface area contributed by atoms with Crippen LogP contribution < -0.4 is 5.32 Å². The van der Waals surface area contributed by atoms with Gasteiger partial charge >= 0.3 is 5.97 Å². The van der Waals surface area contributed by atoms with Gasteiger partial charge in [0.15, 0.2) is 0 Å². The normalized spacial score (nSPS) is 10.5. The summed E-state index contributed by atoms with van der Waals surface area (Å²) in [6, 6.07) is 11.3. The number of nitrogens with one attached hydrogen (secondary N) is 1. The lowest BCUT2D eigenvalue weighted by atomic mass is 10.1. The highest BCUT2D eigenvalue weighted by Gasteiger charge is 2.21. The SMILES string of the molecule is C=Cc1cccc(CCC(=O)Nc2scc(-c3ccc(Br)nc3)c2C(=O)O)c1. The van der Waals surface area contributed by atoms with Gasteiger partial charge in [0, 0.05) is 29.1 Å². The van der Waals surface area contributed by atoms with Crippen LogP contribution in [-0.4, -0.2) is 22.0 Å². The van der Waals surface area contributed by atoms with Crippen molar-refractivity contribution in [3.8, 4) is 11.1 Å². The molecule has 0 atom stereocenters. The molecule has 3 rings (SSSR count). The number of aromatic carboxylic acids is 1. The van der Waals surface area contributed by atoms with Gasteiger partial charge in [0.1, 0.15) is 15.2 Å². The summed E-state index contributed by atoms with van der Waals surface area (Å²) in [6.45, 7) is 3.74. The first-order valence-electron chi connectivity index (χ1n) is 8.46. The predicted molar refractivity (Wildman–Crippen MR) is 116 cm³/mol. The average molecular weight is 457 g/mol. The zero-order chi connectivity index (χ0) is 20.1. The fourth-order valence-electron chi connectivity index (χ4n) is 2.73. The first kappa shape index (κ1) is 20.0. The minimum Gasteiger partial charge on any atom is -0.478 e. The molecule has 1 aromatic carbocycles. The zero-order valence-electron chi connectivity index (χ0n) is 14.8. The summed E-state index contributed by atoms with van der Waals surface area (Å²) >= 11 is 4.46. The van der Waals surface area contributed by atoms with Crippen LogP contribution >= 0.6 is 27.3 Å². The molecule has 0 bridgehead atoms. The summed E-state index contributed by atoms with van der Waals surface area (Å²) in [4.78, 5) is 28.3. The molecule has 1 amide bonds. The van der Waals surface area contributed by atoms with Gasteiger partial charge in [-0.3, -0.25) is 4.79 Å². The standard InChI is InChI=1S/C21H17BrN2O3S/c1-2-13-4-3-5-14(10-13)6-9-18(25)24-20-19(21(26)27)16(12-28-20)15-7-8-17(22)23-11-15/h2-5,7-8,10-12H,1,6,9H2,(H,24,25)(H,26,27). The molecule has 0 fully saturated rings. The lowest BCUT2D eigenvalue weighted by molar-refractivity contribution is -0.116. The van der Waals surface area contributed by atoms with Crippen LogP contribution in [0.25, 0.3) is 17.2 Å². The number of aryl methyl sites for hydroxylation is 1. The van der Waals surface area contributed by atoms with Crippen molar-refractivity contribution in [2.75, 3.05) is 5.32 Å². The summed E-state index contributed by atoms with van der Waals surface area (Å²) in [7, 11) is 0. The second-order valence-electron chi connectivity index (χ2n) is 6.03. The van der Waals surface area contributed by atoms with Crippen LogP contribution in [0, 0.1) is 0 Å². The van der Waals surface area contributed by atoms with Gasteiger partial charge in [0.25, 0.3) is 0 Å². The maximum atomic E-state index is 12.4. The van der Waals surface area contributed by atoms with Crippen LogP contribution in [-0.2, 0) is 11.2 Å². The van der Waals surface area contributed by atoms with Gasteiger partial charge in [-0.2, -0.15) is 0 Å². The van der Waals surface area contributed by atoms with E-state index in [0.29, 0.717) is 27.2 Å². The Labute approximate surface area is 174 Å². The van der Waals surface area contributed by atoms with Gasteiger partial charge in [0.2, 0.25) is 5.91 Å². The molecular weight excluding hydrogens is 440 g/mol. The van der Waals surface area contributed by atoms with E-state index in [1.165, 1.54) is 11.3 Å². The Balaban J connectivity index is 1.74. The molecule has 0 aliphatic heterocycles. The number of aromatic nitrogens is 1. The van der Waals surface area contributed by atoms with Crippen molar-refractivity contribution < 1.29 is 14.7 Å². The monoisotopic (exact) mass is 456 g/mol. The van der Waals surface area contributed by atoms with Crippen molar-refractivity contribution in [1.82, 2.24) is 4.98 Å². The second kappa shape index (κ2) is 8.95. The largest absolute Gasteiger partial charge is 0.478 e. The number of halogens is 1. The van der Waals surface area contributed by atoms with Gasteiger partial charge in [-0.15, -0.1) is 11.3 Å². The molecule has 0 aliphatic rings. The van der Waals surface area contributed by atoms with Crippen molar-refractivity contribution in [3.63, 3.8) is 0 Å². The first-order chi connectivity index (χ1) is 13.5. The van der Waals surface area contributed by atoms with Crippen molar-refractivity contribution in [1.29, 1.82) is 0 Å². The van der Waals surface area contributed by atoms with E-state index in [-0.39, 0.29) is 17.9 Å². The van der Waals surface area contributed by atoms with E-state index in [0.717, 1.165) is 11.1 Å². The van der Waals surface area contributed by atoms with E-state index >= 15 is 0 Å². The number of carbonyl (C=O) groups excluding carboxylic acids is 1. The summed E-state index contributed by atoms with van der Waals surface area (Å²) in [5.41, 5.74) is 3.32. The average Bonchev–Trinajstić information content (AvgIpc) is 3.11. The Kier molecular flexibility index (Phi) is 6.38. The smallest absolute Gasteiger partial charge is 0.339 e. The molecule has 7 heteroatoms. The van der Waals surface area contributed by atoms with Crippen LogP contribution in [0.15, 0.2) is 59.2 Å². The quantitative estimate of drug-likeness (QED) is 0.460. The molecular formula is C21H17BrN2O3S. The molecule has 5 nitrogen and oxygen atoms in total. The number of hydrogen-bond donors (Lipinski definition) is 2. The third kappa shape index (κ3) is 4.74.